The van der Waals surface area contributed by atoms with Crippen molar-refractivity contribution >= 4 is 16.9 Å². The summed E-state index contributed by atoms with van der Waals surface area (Å²) in [7, 11) is 0. The SMILES string of the molecule is CCCCCCCn1cc(C(=O)[O-])c(=O)c2cc3c(cc21)OCO3.[Na+]. The summed E-state index contributed by atoms with van der Waals surface area (Å²) in [6, 6.07) is 3.30. The molecule has 0 N–H and O–H groups in total. The van der Waals surface area contributed by atoms with Crippen LogP contribution in [0.4, 0.5) is 0 Å². The molecule has 0 spiro atoms. The van der Waals surface area contributed by atoms with Crippen molar-refractivity contribution in [3.8, 4) is 11.5 Å². The van der Waals surface area contributed by atoms with Crippen LogP contribution in [0.1, 0.15) is 49.4 Å². The smallest absolute Gasteiger partial charge is 0.545 e. The molecule has 1 aromatic carbocycles. The zero-order valence-corrected chi connectivity index (χ0v) is 16.7. The maximum Gasteiger partial charge on any atom is 1.00 e. The van der Waals surface area contributed by atoms with E-state index in [1.54, 1.807) is 16.7 Å². The number of aryl methyl sites for hydroxylation is 1. The van der Waals surface area contributed by atoms with Crippen LogP contribution >= 0.6 is 0 Å². The summed E-state index contributed by atoms with van der Waals surface area (Å²) < 4.78 is 12.5. The van der Waals surface area contributed by atoms with Crippen LogP contribution in [-0.2, 0) is 6.54 Å². The Balaban J connectivity index is 0.00000225. The molecule has 2 heterocycles. The van der Waals surface area contributed by atoms with Crippen molar-refractivity contribution in [3.63, 3.8) is 0 Å². The second-order valence-electron chi connectivity index (χ2n) is 5.99. The number of benzene rings is 1. The molecule has 0 saturated carbocycles. The van der Waals surface area contributed by atoms with E-state index in [4.69, 9.17) is 9.47 Å². The first-order valence-electron chi connectivity index (χ1n) is 8.30. The van der Waals surface area contributed by atoms with Crippen molar-refractivity contribution in [3.05, 3.63) is 34.1 Å². The maximum absolute atomic E-state index is 12.4. The third-order valence-electron chi connectivity index (χ3n) is 4.30. The van der Waals surface area contributed by atoms with Crippen LogP contribution in [0.25, 0.3) is 10.9 Å². The fraction of sp³-hybridized carbons (Fsp3) is 0.444. The van der Waals surface area contributed by atoms with E-state index in [1.165, 1.54) is 19.0 Å². The summed E-state index contributed by atoms with van der Waals surface area (Å²) in [5, 5.41) is 11.6. The van der Waals surface area contributed by atoms with E-state index in [2.05, 4.69) is 6.92 Å². The molecule has 25 heavy (non-hydrogen) atoms. The molecule has 6 nitrogen and oxygen atoms in total. The third kappa shape index (κ3) is 4.19. The molecule has 3 rings (SSSR count). The van der Waals surface area contributed by atoms with Crippen molar-refractivity contribution in [1.29, 1.82) is 0 Å². The summed E-state index contributed by atoms with van der Waals surface area (Å²) in [5.74, 6) is -0.424. The molecular formula is C18H20NNaO5. The first-order valence-corrected chi connectivity index (χ1v) is 8.30. The molecule has 1 aliphatic heterocycles. The van der Waals surface area contributed by atoms with Crippen molar-refractivity contribution in [2.75, 3.05) is 6.79 Å². The Morgan fingerprint density at radius 3 is 2.52 bits per heavy atom. The van der Waals surface area contributed by atoms with Gasteiger partial charge in [-0.3, -0.25) is 4.79 Å². The number of carboxylic acid groups (broad SMARTS) is 1. The largest absolute Gasteiger partial charge is 1.00 e. The fourth-order valence-corrected chi connectivity index (χ4v) is 3.00. The van der Waals surface area contributed by atoms with Crippen LogP contribution < -0.4 is 49.6 Å². The molecule has 0 bridgehead atoms. The number of hydrogen-bond donors (Lipinski definition) is 0. The maximum atomic E-state index is 12.4. The number of nitrogens with zero attached hydrogens (tertiary/aromatic N) is 1. The molecule has 128 valence electrons. The number of aromatic nitrogens is 1. The molecule has 0 atom stereocenters. The van der Waals surface area contributed by atoms with Gasteiger partial charge in [0.1, 0.15) is 0 Å². The van der Waals surface area contributed by atoms with Crippen LogP contribution in [0.2, 0.25) is 0 Å². The number of carbonyl (C=O) groups excluding carboxylic acids is 1. The van der Waals surface area contributed by atoms with Gasteiger partial charge in [-0.05, 0) is 12.5 Å². The third-order valence-corrected chi connectivity index (χ3v) is 4.30. The average Bonchev–Trinajstić information content (AvgIpc) is 3.02. The molecular weight excluding hydrogens is 333 g/mol. The van der Waals surface area contributed by atoms with E-state index in [9.17, 15) is 14.7 Å². The van der Waals surface area contributed by atoms with Gasteiger partial charge in [0.05, 0.1) is 22.4 Å². The molecule has 2 aromatic rings. The molecule has 7 heteroatoms. The van der Waals surface area contributed by atoms with Crippen LogP contribution in [0.5, 0.6) is 11.5 Å². The summed E-state index contributed by atoms with van der Waals surface area (Å²) in [6.07, 6.45) is 6.86. The minimum atomic E-state index is -1.46. The zero-order chi connectivity index (χ0) is 17.1. The number of hydrogen-bond acceptors (Lipinski definition) is 5. The Bertz CT molecular complexity index is 830. The van der Waals surface area contributed by atoms with Crippen molar-refractivity contribution in [2.24, 2.45) is 0 Å². The normalized spacial score (nSPS) is 12.2. The van der Waals surface area contributed by atoms with E-state index < -0.39 is 11.4 Å². The standard InChI is InChI=1S/C18H21NO5.Na/c1-2-3-4-5-6-7-19-10-13(18(21)22)17(20)12-8-15-16(9-14(12)19)24-11-23-15;/h8-10H,2-7,11H2,1H3,(H,21,22);/q;+1/p-1. The number of carboxylic acids is 1. The van der Waals surface area contributed by atoms with E-state index in [0.717, 1.165) is 19.3 Å². The predicted octanol–water partition coefficient (Wildman–Crippen LogP) is -0.932. The minimum absolute atomic E-state index is 0. The van der Waals surface area contributed by atoms with E-state index >= 15 is 0 Å². The number of ether oxygens (including phenoxy) is 2. The van der Waals surface area contributed by atoms with Gasteiger partial charge in [0.15, 0.2) is 16.9 Å². The number of carbonyl (C=O) groups is 1. The van der Waals surface area contributed by atoms with Gasteiger partial charge in [-0.2, -0.15) is 0 Å². The summed E-state index contributed by atoms with van der Waals surface area (Å²) in [6.45, 7) is 2.90. The van der Waals surface area contributed by atoms with Crippen molar-refractivity contribution in [2.45, 2.75) is 45.6 Å². The fourth-order valence-electron chi connectivity index (χ4n) is 3.00. The van der Waals surface area contributed by atoms with Crippen LogP contribution in [0, 0.1) is 0 Å². The Hall–Kier alpha value is -1.50. The second kappa shape index (κ2) is 8.74. The van der Waals surface area contributed by atoms with Gasteiger partial charge < -0.3 is 23.9 Å². The average molecular weight is 353 g/mol. The van der Waals surface area contributed by atoms with Crippen LogP contribution in [0.3, 0.4) is 0 Å². The summed E-state index contributed by atoms with van der Waals surface area (Å²) >= 11 is 0. The Morgan fingerprint density at radius 1 is 1.16 bits per heavy atom. The van der Waals surface area contributed by atoms with Gasteiger partial charge in [0.2, 0.25) is 6.79 Å². The first kappa shape index (κ1) is 19.8. The van der Waals surface area contributed by atoms with Gasteiger partial charge in [-0.1, -0.05) is 32.6 Å². The van der Waals surface area contributed by atoms with Gasteiger partial charge >= 0.3 is 29.6 Å². The minimum Gasteiger partial charge on any atom is -0.545 e. The quantitative estimate of drug-likeness (QED) is 0.475. The van der Waals surface area contributed by atoms with Gasteiger partial charge in [0, 0.05) is 18.8 Å². The zero-order valence-electron chi connectivity index (χ0n) is 14.7. The molecule has 0 unspecified atom stereocenters. The number of fused-ring (bicyclic) bond motifs is 2. The Labute approximate surface area is 168 Å². The topological polar surface area (TPSA) is 80.6 Å². The molecule has 0 radical (unpaired) electrons. The van der Waals surface area contributed by atoms with Gasteiger partial charge in [-0.15, -0.1) is 0 Å². The molecule has 1 aromatic heterocycles. The molecule has 1 aliphatic rings. The Morgan fingerprint density at radius 2 is 1.84 bits per heavy atom. The predicted molar refractivity (Wildman–Crippen MR) is 87.4 cm³/mol. The first-order chi connectivity index (χ1) is 11.6. The number of unbranched alkanes of at least 4 members (excludes halogenated alkanes) is 4. The van der Waals surface area contributed by atoms with E-state index in [-0.39, 0.29) is 41.9 Å². The summed E-state index contributed by atoms with van der Waals surface area (Å²) in [4.78, 5) is 23.7. The van der Waals surface area contributed by atoms with Crippen LogP contribution in [0.15, 0.2) is 23.1 Å². The van der Waals surface area contributed by atoms with Crippen molar-refractivity contribution in [1.82, 2.24) is 4.57 Å². The monoisotopic (exact) mass is 353 g/mol. The van der Waals surface area contributed by atoms with E-state index in [1.807, 2.05) is 0 Å². The second-order valence-corrected chi connectivity index (χ2v) is 5.99. The van der Waals surface area contributed by atoms with Gasteiger partial charge in [-0.25, -0.2) is 0 Å². The van der Waals surface area contributed by atoms with Crippen molar-refractivity contribution < 1.29 is 48.9 Å². The Kier molecular flexibility index (Phi) is 6.93. The van der Waals surface area contributed by atoms with Gasteiger partial charge in [0.25, 0.3) is 0 Å². The summed E-state index contributed by atoms with van der Waals surface area (Å²) in [5.41, 5.74) is -0.217. The van der Waals surface area contributed by atoms with Crippen LogP contribution in [-0.4, -0.2) is 17.3 Å². The number of aromatic carboxylic acids is 1. The number of rotatable bonds is 7. The molecule has 0 fully saturated rings. The molecule has 0 amide bonds. The van der Waals surface area contributed by atoms with E-state index in [0.29, 0.717) is 28.9 Å². The number of pyridine rings is 1. The molecule has 0 aliphatic carbocycles. The molecule has 0 saturated heterocycles.